The maximum absolute atomic E-state index is 12.9. The van der Waals surface area contributed by atoms with Crippen molar-refractivity contribution in [3.8, 4) is 0 Å². The zero-order chi connectivity index (χ0) is 20.1. The molecule has 0 bridgehead atoms. The molecule has 0 atom stereocenters. The summed E-state index contributed by atoms with van der Waals surface area (Å²) in [6.07, 6.45) is 3.19. The minimum absolute atomic E-state index is 0.00406. The highest BCUT2D eigenvalue weighted by Gasteiger charge is 2.30. The average Bonchev–Trinajstić information content (AvgIpc) is 3.21. The van der Waals surface area contributed by atoms with Crippen LogP contribution in [0.15, 0.2) is 51.1 Å². The highest BCUT2D eigenvalue weighted by molar-refractivity contribution is 7.89. The van der Waals surface area contributed by atoms with E-state index in [1.165, 1.54) is 28.6 Å². The van der Waals surface area contributed by atoms with Gasteiger partial charge in [-0.1, -0.05) is 0 Å². The van der Waals surface area contributed by atoms with Crippen LogP contribution in [0.5, 0.6) is 0 Å². The van der Waals surface area contributed by atoms with Gasteiger partial charge in [-0.25, -0.2) is 13.8 Å². The Morgan fingerprint density at radius 1 is 1.25 bits per heavy atom. The zero-order valence-corrected chi connectivity index (χ0v) is 17.5. The predicted octanol–water partition coefficient (Wildman–Crippen LogP) is 2.23. The average molecular weight is 421 g/mol. The molecular formula is C19H24N4O3S2. The molecule has 3 rings (SSSR count). The van der Waals surface area contributed by atoms with Crippen molar-refractivity contribution >= 4 is 33.5 Å². The second-order valence-electron chi connectivity index (χ2n) is 6.84. The monoisotopic (exact) mass is 420 g/mol. The minimum Gasteiger partial charge on any atom is -0.306 e. The summed E-state index contributed by atoms with van der Waals surface area (Å²) in [5.41, 5.74) is 3.70. The number of thiophene rings is 1. The largest absolute Gasteiger partial charge is 0.306 e. The number of nitrogens with one attached hydrogen (secondary N) is 1. The fourth-order valence-corrected chi connectivity index (χ4v) is 5.10. The van der Waals surface area contributed by atoms with E-state index in [0.29, 0.717) is 5.56 Å². The molecule has 1 N–H and O–H groups in total. The second kappa shape index (κ2) is 8.95. The third-order valence-corrected chi connectivity index (χ3v) is 7.54. The van der Waals surface area contributed by atoms with Crippen LogP contribution in [0.2, 0.25) is 0 Å². The van der Waals surface area contributed by atoms with Gasteiger partial charge in [-0.3, -0.25) is 4.79 Å². The third-order valence-electron chi connectivity index (χ3n) is 4.92. The zero-order valence-electron chi connectivity index (χ0n) is 15.9. The van der Waals surface area contributed by atoms with Crippen LogP contribution in [-0.4, -0.2) is 63.0 Å². The molecule has 1 amide bonds. The van der Waals surface area contributed by atoms with E-state index in [9.17, 15) is 13.2 Å². The van der Waals surface area contributed by atoms with Crippen molar-refractivity contribution in [3.05, 3.63) is 52.2 Å². The van der Waals surface area contributed by atoms with Crippen LogP contribution in [-0.2, 0) is 10.0 Å². The molecule has 0 saturated carbocycles. The van der Waals surface area contributed by atoms with E-state index in [1.54, 1.807) is 24.6 Å². The smallest absolute Gasteiger partial charge is 0.271 e. The SMILES string of the molecule is CN1CCC(N(C)S(=O)(=O)c2ccc(C(=O)N/N=C\c3ccsc3)cc2)CC1. The summed E-state index contributed by atoms with van der Waals surface area (Å²) < 4.78 is 27.2. The molecule has 1 saturated heterocycles. The number of carbonyl (C=O) groups is 1. The highest BCUT2D eigenvalue weighted by Crippen LogP contribution is 2.22. The molecule has 0 aliphatic carbocycles. The Morgan fingerprint density at radius 2 is 1.93 bits per heavy atom. The number of rotatable bonds is 6. The van der Waals surface area contributed by atoms with Crippen LogP contribution in [0.3, 0.4) is 0 Å². The molecule has 150 valence electrons. The van der Waals surface area contributed by atoms with Crippen LogP contribution >= 0.6 is 11.3 Å². The summed E-state index contributed by atoms with van der Waals surface area (Å²) in [5, 5.41) is 7.74. The van der Waals surface area contributed by atoms with Gasteiger partial charge in [-0.2, -0.15) is 20.7 Å². The Kier molecular flexibility index (Phi) is 6.61. The first-order valence-electron chi connectivity index (χ1n) is 9.00. The first kappa shape index (κ1) is 20.7. The number of sulfonamides is 1. The third kappa shape index (κ3) is 4.85. The maximum atomic E-state index is 12.9. The number of amides is 1. The summed E-state index contributed by atoms with van der Waals surface area (Å²) in [6, 6.07) is 7.84. The van der Waals surface area contributed by atoms with Crippen molar-refractivity contribution in [1.82, 2.24) is 14.6 Å². The van der Waals surface area contributed by atoms with E-state index in [1.807, 2.05) is 23.9 Å². The Bertz CT molecular complexity index is 917. The van der Waals surface area contributed by atoms with Gasteiger partial charge in [-0.15, -0.1) is 0 Å². The van der Waals surface area contributed by atoms with Gasteiger partial charge in [0.25, 0.3) is 5.91 Å². The second-order valence-corrected chi connectivity index (χ2v) is 9.61. The summed E-state index contributed by atoms with van der Waals surface area (Å²) in [4.78, 5) is 14.5. The summed E-state index contributed by atoms with van der Waals surface area (Å²) in [6.45, 7) is 1.77. The van der Waals surface area contributed by atoms with E-state index in [4.69, 9.17) is 0 Å². The van der Waals surface area contributed by atoms with E-state index in [2.05, 4.69) is 15.4 Å². The number of nitrogens with zero attached hydrogens (tertiary/aromatic N) is 3. The first-order chi connectivity index (χ1) is 13.4. The molecule has 28 heavy (non-hydrogen) atoms. The lowest BCUT2D eigenvalue weighted by atomic mass is 10.1. The topological polar surface area (TPSA) is 82.1 Å². The van der Waals surface area contributed by atoms with Crippen molar-refractivity contribution in [2.24, 2.45) is 5.10 Å². The molecule has 1 aromatic heterocycles. The lowest BCUT2D eigenvalue weighted by molar-refractivity contribution is 0.0955. The quantitative estimate of drug-likeness (QED) is 0.574. The molecule has 0 unspecified atom stereocenters. The molecule has 7 nitrogen and oxygen atoms in total. The first-order valence-corrected chi connectivity index (χ1v) is 11.4. The van der Waals surface area contributed by atoms with Gasteiger partial charge in [0.05, 0.1) is 11.1 Å². The standard InChI is InChI=1S/C19H24N4O3S2/c1-22-10-7-17(8-11-22)23(2)28(25,26)18-5-3-16(4-6-18)19(24)21-20-13-15-9-12-27-14-15/h3-6,9,12-14,17H,7-8,10-11H2,1-2H3,(H,21,24)/b20-13-. The van der Waals surface area contributed by atoms with Crippen LogP contribution in [0.4, 0.5) is 0 Å². The Morgan fingerprint density at radius 3 is 2.54 bits per heavy atom. The molecule has 2 heterocycles. The van der Waals surface area contributed by atoms with Gasteiger partial charge >= 0.3 is 0 Å². The Labute approximate surface area is 169 Å². The van der Waals surface area contributed by atoms with Crippen molar-refractivity contribution in [3.63, 3.8) is 0 Å². The normalized spacial score (nSPS) is 16.7. The lowest BCUT2D eigenvalue weighted by Crippen LogP contribution is -2.44. The molecule has 9 heteroatoms. The summed E-state index contributed by atoms with van der Waals surface area (Å²) >= 11 is 1.54. The number of hydrazone groups is 1. The van der Waals surface area contributed by atoms with Crippen LogP contribution in [0, 0.1) is 0 Å². The van der Waals surface area contributed by atoms with Gasteiger partial charge in [0.2, 0.25) is 10.0 Å². The lowest BCUT2D eigenvalue weighted by Gasteiger charge is -2.34. The van der Waals surface area contributed by atoms with Crippen LogP contribution < -0.4 is 5.43 Å². The number of carbonyl (C=O) groups excluding carboxylic acids is 1. The Hall–Kier alpha value is -2.07. The van der Waals surface area contributed by atoms with Gasteiger partial charge < -0.3 is 4.90 Å². The van der Waals surface area contributed by atoms with Gasteiger partial charge in [0.1, 0.15) is 0 Å². The molecule has 1 fully saturated rings. The molecule has 0 radical (unpaired) electrons. The molecule has 1 aliphatic rings. The van der Waals surface area contributed by atoms with Gasteiger partial charge in [0, 0.05) is 24.2 Å². The molecule has 0 spiro atoms. The van der Waals surface area contributed by atoms with Crippen molar-refractivity contribution < 1.29 is 13.2 Å². The number of benzene rings is 1. The summed E-state index contributed by atoms with van der Waals surface area (Å²) in [5.74, 6) is -0.390. The molecule has 1 aromatic carbocycles. The predicted molar refractivity (Wildman–Crippen MR) is 111 cm³/mol. The van der Waals surface area contributed by atoms with Crippen molar-refractivity contribution in [1.29, 1.82) is 0 Å². The highest BCUT2D eigenvalue weighted by atomic mass is 32.2. The number of likely N-dealkylation sites (tertiary alicyclic amines) is 1. The van der Waals surface area contributed by atoms with E-state index in [0.717, 1.165) is 31.5 Å². The fourth-order valence-electron chi connectivity index (χ4n) is 3.08. The van der Waals surface area contributed by atoms with Gasteiger partial charge in [-0.05, 0) is 74.1 Å². The van der Waals surface area contributed by atoms with Crippen molar-refractivity contribution in [2.75, 3.05) is 27.2 Å². The number of hydrogen-bond acceptors (Lipinski definition) is 6. The molecular weight excluding hydrogens is 396 g/mol. The minimum atomic E-state index is -3.59. The number of piperidine rings is 1. The van der Waals surface area contributed by atoms with E-state index < -0.39 is 10.0 Å². The molecule has 2 aromatic rings. The van der Waals surface area contributed by atoms with E-state index in [-0.39, 0.29) is 16.8 Å². The Balaban J connectivity index is 1.64. The van der Waals surface area contributed by atoms with Crippen molar-refractivity contribution in [2.45, 2.75) is 23.8 Å². The maximum Gasteiger partial charge on any atom is 0.271 e. The summed E-state index contributed by atoms with van der Waals surface area (Å²) in [7, 11) is 0.0802. The number of hydrogen-bond donors (Lipinski definition) is 1. The van der Waals surface area contributed by atoms with E-state index >= 15 is 0 Å². The van der Waals surface area contributed by atoms with Crippen LogP contribution in [0.1, 0.15) is 28.8 Å². The molecule has 1 aliphatic heterocycles. The van der Waals surface area contributed by atoms with Crippen LogP contribution in [0.25, 0.3) is 0 Å². The fraction of sp³-hybridized carbons (Fsp3) is 0.368. The van der Waals surface area contributed by atoms with Gasteiger partial charge in [0.15, 0.2) is 0 Å².